The molecule has 0 saturated carbocycles. The van der Waals surface area contributed by atoms with Crippen LogP contribution in [0.4, 0.5) is 9.59 Å². The normalized spacial score (nSPS) is 19.8. The predicted molar refractivity (Wildman–Crippen MR) is 208 cm³/mol. The lowest BCUT2D eigenvalue weighted by Gasteiger charge is -2.31. The molecule has 2 aromatic carbocycles. The van der Waals surface area contributed by atoms with E-state index in [0.717, 1.165) is 70.7 Å². The number of carbonyl (C=O) groups excluding carboxylic acids is 4. The molecule has 5 atom stereocenters. The first kappa shape index (κ1) is 39.2. The lowest BCUT2D eigenvalue weighted by atomic mass is 9.95. The van der Waals surface area contributed by atoms with Crippen molar-refractivity contribution in [2.24, 2.45) is 16.8 Å². The number of nitrogens with one attached hydrogen (secondary N) is 3. The van der Waals surface area contributed by atoms with Crippen LogP contribution in [-0.2, 0) is 19.1 Å². The molecule has 14 nitrogen and oxygen atoms in total. The van der Waals surface area contributed by atoms with Crippen molar-refractivity contribution >= 4 is 35.3 Å². The number of likely N-dealkylation sites (tertiary alicyclic amines) is 2. The number of aliphatic hydroxyl groups excluding tert-OH is 1. The number of imidazole rings is 1. The number of aliphatic hydroxyl groups is 1. The van der Waals surface area contributed by atoms with Crippen LogP contribution in [-0.4, -0.2) is 107 Å². The van der Waals surface area contributed by atoms with Gasteiger partial charge in [0, 0.05) is 43.9 Å². The summed E-state index contributed by atoms with van der Waals surface area (Å²) in [6, 6.07) is 14.6. The topological polar surface area (TPSA) is 179 Å². The third-order valence-corrected chi connectivity index (χ3v) is 10.9. The molecule has 4 heterocycles. The van der Waals surface area contributed by atoms with Crippen LogP contribution < -0.4 is 10.6 Å². The molecule has 2 fully saturated rings. The number of hydrogen-bond donors (Lipinski definition) is 4. The van der Waals surface area contributed by atoms with Gasteiger partial charge in [0.05, 0.1) is 38.2 Å². The minimum absolute atomic E-state index is 0.107. The number of hydrogen-bond acceptors (Lipinski definition) is 9. The molecule has 1 aromatic heterocycles. The Hall–Kier alpha value is -5.50. The summed E-state index contributed by atoms with van der Waals surface area (Å²) in [5.74, 6) is -0.251. The van der Waals surface area contributed by atoms with Crippen molar-refractivity contribution in [1.82, 2.24) is 30.4 Å². The van der Waals surface area contributed by atoms with Gasteiger partial charge in [-0.2, -0.15) is 0 Å². The minimum atomic E-state index is -0.895. The van der Waals surface area contributed by atoms with Crippen LogP contribution in [0.1, 0.15) is 70.3 Å². The lowest BCUT2D eigenvalue weighted by molar-refractivity contribution is -0.136. The molecule has 3 aliphatic heterocycles. The summed E-state index contributed by atoms with van der Waals surface area (Å²) in [6.45, 7) is 6.41. The molecule has 4 N–H and O–H groups in total. The second-order valence-electron chi connectivity index (χ2n) is 14.8. The summed E-state index contributed by atoms with van der Waals surface area (Å²) >= 11 is 0. The minimum Gasteiger partial charge on any atom is -0.453 e. The fourth-order valence-corrected chi connectivity index (χ4v) is 7.69. The van der Waals surface area contributed by atoms with Gasteiger partial charge >= 0.3 is 12.2 Å². The van der Waals surface area contributed by atoms with E-state index in [0.29, 0.717) is 19.5 Å². The Bertz CT molecular complexity index is 1920. The molecule has 14 heteroatoms. The van der Waals surface area contributed by atoms with E-state index in [1.807, 2.05) is 32.2 Å². The number of aliphatic imine (C=N–C) groups is 1. The highest BCUT2D eigenvalue weighted by atomic mass is 16.5. The molecule has 6 rings (SSSR count). The summed E-state index contributed by atoms with van der Waals surface area (Å²) in [6.07, 6.45) is 6.19. The molecule has 0 unspecified atom stereocenters. The Morgan fingerprint density at radius 2 is 1.33 bits per heavy atom. The first-order valence-electron chi connectivity index (χ1n) is 18.9. The van der Waals surface area contributed by atoms with Crippen molar-refractivity contribution in [3.05, 3.63) is 72.3 Å². The SMILES string of the molecule is COC(=O)N[C@H](C(=O)N1CCC[C@H]1c1ncc(-c2ccc(-c3ccc(C4=CN=C([C@@H]5CCCN5C(=O)[C@@H](NC(=O)OC)[C@@H](C)CO)C4)cc3)cc2)[nH]1)C(C)C. The van der Waals surface area contributed by atoms with Crippen molar-refractivity contribution in [2.45, 2.75) is 77.0 Å². The maximum atomic E-state index is 13.6. The number of carbonyl (C=O) groups is 4. The number of benzene rings is 2. The van der Waals surface area contributed by atoms with Gasteiger partial charge in [-0.3, -0.25) is 14.6 Å². The number of rotatable bonds is 12. The molecule has 2 saturated heterocycles. The van der Waals surface area contributed by atoms with Crippen molar-refractivity contribution < 1.29 is 33.8 Å². The molecule has 3 aromatic rings. The molecule has 0 radical (unpaired) electrons. The van der Waals surface area contributed by atoms with Gasteiger partial charge < -0.3 is 40.0 Å². The number of aromatic amines is 1. The smallest absolute Gasteiger partial charge is 0.407 e. The van der Waals surface area contributed by atoms with Gasteiger partial charge in [0.2, 0.25) is 11.8 Å². The first-order valence-corrected chi connectivity index (χ1v) is 18.9. The van der Waals surface area contributed by atoms with E-state index in [1.54, 1.807) is 22.9 Å². The average Bonchev–Trinajstić information content (AvgIpc) is 4.05. The molecular weight excluding hydrogens is 702 g/mol. The summed E-state index contributed by atoms with van der Waals surface area (Å²) in [5.41, 5.74) is 6.99. The standard InChI is InChI=1S/C41H51N7O7/c1-24(2)35(45-40(52)54-4)38(50)48-19-7-9-34(48)37-43-22-32(44-37)29-16-14-27(15-17-29)26-10-12-28(13-11-26)30-20-31(42-21-30)33-8-6-18-47(33)39(51)36(25(3)23-49)46-41(53)55-5/h10-17,21-22,24-25,33-36,49H,6-9,18-20,23H2,1-5H3,(H,43,44)(H,45,52)(H,46,53)/t25-,33-,34-,35-,36-/m0/s1. The van der Waals surface area contributed by atoms with Gasteiger partial charge in [0.25, 0.3) is 0 Å². The number of amides is 4. The van der Waals surface area contributed by atoms with Crippen molar-refractivity contribution in [2.75, 3.05) is 33.9 Å². The van der Waals surface area contributed by atoms with E-state index in [2.05, 4.69) is 57.0 Å². The maximum Gasteiger partial charge on any atom is 0.407 e. The third kappa shape index (κ3) is 8.59. The van der Waals surface area contributed by atoms with Gasteiger partial charge in [-0.05, 0) is 59.4 Å². The number of alkyl carbamates (subject to hydrolysis) is 2. The molecule has 0 aliphatic carbocycles. The van der Waals surface area contributed by atoms with Gasteiger partial charge in [0.15, 0.2) is 0 Å². The van der Waals surface area contributed by atoms with Crippen LogP contribution in [0, 0.1) is 11.8 Å². The van der Waals surface area contributed by atoms with Crippen LogP contribution in [0.25, 0.3) is 28.0 Å². The Balaban J connectivity index is 1.07. The van der Waals surface area contributed by atoms with Crippen LogP contribution in [0.3, 0.4) is 0 Å². The van der Waals surface area contributed by atoms with Crippen LogP contribution in [0.2, 0.25) is 0 Å². The van der Waals surface area contributed by atoms with Gasteiger partial charge in [-0.15, -0.1) is 0 Å². The maximum absolute atomic E-state index is 13.6. The van der Waals surface area contributed by atoms with Crippen molar-refractivity contribution in [3.8, 4) is 22.4 Å². The Kier molecular flexibility index (Phi) is 12.3. The molecule has 292 valence electrons. The summed E-state index contributed by atoms with van der Waals surface area (Å²) in [7, 11) is 2.53. The zero-order valence-electron chi connectivity index (χ0n) is 32.1. The Labute approximate surface area is 321 Å². The Morgan fingerprint density at radius 1 is 0.800 bits per heavy atom. The predicted octanol–water partition coefficient (Wildman–Crippen LogP) is 5.32. The van der Waals surface area contributed by atoms with E-state index in [1.165, 1.54) is 14.2 Å². The van der Waals surface area contributed by atoms with E-state index >= 15 is 0 Å². The number of nitrogens with zero attached hydrogens (tertiary/aromatic N) is 4. The van der Waals surface area contributed by atoms with E-state index in [9.17, 15) is 24.3 Å². The number of aromatic nitrogens is 2. The van der Waals surface area contributed by atoms with E-state index in [4.69, 9.17) is 14.5 Å². The number of methoxy groups -OCH3 is 2. The van der Waals surface area contributed by atoms with Gasteiger partial charge in [0.1, 0.15) is 17.9 Å². The lowest BCUT2D eigenvalue weighted by Crippen LogP contribution is -2.54. The monoisotopic (exact) mass is 753 g/mol. The van der Waals surface area contributed by atoms with Gasteiger partial charge in [-0.25, -0.2) is 14.6 Å². The Morgan fingerprint density at radius 3 is 1.91 bits per heavy atom. The zero-order valence-corrected chi connectivity index (χ0v) is 32.1. The number of H-pyrrole nitrogens is 1. The van der Waals surface area contributed by atoms with Crippen molar-refractivity contribution in [1.29, 1.82) is 0 Å². The summed E-state index contributed by atoms with van der Waals surface area (Å²) in [4.78, 5) is 67.5. The van der Waals surface area contributed by atoms with Gasteiger partial charge in [-0.1, -0.05) is 69.3 Å². The first-order chi connectivity index (χ1) is 26.5. The average molecular weight is 754 g/mol. The zero-order chi connectivity index (χ0) is 39.2. The van der Waals surface area contributed by atoms with Crippen molar-refractivity contribution in [3.63, 3.8) is 0 Å². The van der Waals surface area contributed by atoms with E-state index < -0.39 is 30.2 Å². The largest absolute Gasteiger partial charge is 0.453 e. The highest BCUT2D eigenvalue weighted by Gasteiger charge is 2.40. The summed E-state index contributed by atoms with van der Waals surface area (Å²) < 4.78 is 9.48. The highest BCUT2D eigenvalue weighted by Crippen LogP contribution is 2.34. The van der Waals surface area contributed by atoms with E-state index in [-0.39, 0.29) is 36.4 Å². The molecule has 3 aliphatic rings. The molecule has 0 spiro atoms. The second-order valence-corrected chi connectivity index (χ2v) is 14.8. The van der Waals surface area contributed by atoms with Crippen LogP contribution in [0.5, 0.6) is 0 Å². The molecule has 4 amide bonds. The van der Waals surface area contributed by atoms with Crippen LogP contribution in [0.15, 0.2) is 65.9 Å². The van der Waals surface area contributed by atoms with Crippen LogP contribution >= 0.6 is 0 Å². The quantitative estimate of drug-likeness (QED) is 0.192. The highest BCUT2D eigenvalue weighted by molar-refractivity contribution is 6.04. The third-order valence-electron chi connectivity index (χ3n) is 10.9. The molecule has 55 heavy (non-hydrogen) atoms. The fourth-order valence-electron chi connectivity index (χ4n) is 7.69. The molecular formula is C41H51N7O7. The summed E-state index contributed by atoms with van der Waals surface area (Å²) in [5, 5.41) is 15.1. The number of allylic oxidation sites excluding steroid dienone is 1. The molecule has 0 bridgehead atoms. The second kappa shape index (κ2) is 17.3. The fraction of sp³-hybridized carbons (Fsp3) is 0.463. The number of ether oxygens (including phenoxy) is 2.